The van der Waals surface area contributed by atoms with E-state index in [0.29, 0.717) is 6.42 Å². The molecule has 0 spiro atoms. The van der Waals surface area contributed by atoms with Gasteiger partial charge < -0.3 is 0 Å². The Labute approximate surface area is 119 Å². The zero-order valence-electron chi connectivity index (χ0n) is 11.6. The van der Waals surface area contributed by atoms with Crippen LogP contribution in [0.1, 0.15) is 23.7 Å². The lowest BCUT2D eigenvalue weighted by Gasteiger charge is -2.15. The van der Waals surface area contributed by atoms with Crippen molar-refractivity contribution in [1.29, 1.82) is 0 Å². The van der Waals surface area contributed by atoms with E-state index >= 15 is 0 Å². The van der Waals surface area contributed by atoms with Gasteiger partial charge in [-0.2, -0.15) is 0 Å². The second-order valence-electron chi connectivity index (χ2n) is 4.91. The summed E-state index contributed by atoms with van der Waals surface area (Å²) in [5.41, 5.74) is 5.92. The third kappa shape index (κ3) is 4.11. The lowest BCUT2D eigenvalue weighted by Crippen LogP contribution is -2.38. The summed E-state index contributed by atoms with van der Waals surface area (Å²) in [4.78, 5) is 4.43. The number of hydrazine groups is 1. The fourth-order valence-electron chi connectivity index (χ4n) is 2.18. The fraction of sp³-hybridized carbons (Fsp3) is 0.312. The molecule has 0 saturated carbocycles. The van der Waals surface area contributed by atoms with Crippen molar-refractivity contribution >= 4 is 0 Å². The lowest BCUT2D eigenvalue weighted by molar-refractivity contribution is 0.515. The number of hydrogen-bond acceptors (Lipinski definition) is 3. The third-order valence-electron chi connectivity index (χ3n) is 3.36. The first-order chi connectivity index (χ1) is 9.71. The number of nitrogens with one attached hydrogen (secondary N) is 1. The molecule has 4 heteroatoms. The van der Waals surface area contributed by atoms with Crippen LogP contribution in [0.2, 0.25) is 0 Å². The number of benzene rings is 1. The average Bonchev–Trinajstić information content (AvgIpc) is 2.47. The van der Waals surface area contributed by atoms with E-state index in [1.165, 1.54) is 17.7 Å². The minimum Gasteiger partial charge on any atom is -0.271 e. The molecule has 3 nitrogen and oxygen atoms in total. The van der Waals surface area contributed by atoms with E-state index < -0.39 is 0 Å². The van der Waals surface area contributed by atoms with Gasteiger partial charge in [0.05, 0.1) is 0 Å². The van der Waals surface area contributed by atoms with Crippen molar-refractivity contribution < 1.29 is 4.39 Å². The van der Waals surface area contributed by atoms with Crippen LogP contribution in [-0.2, 0) is 19.3 Å². The molecule has 0 aliphatic heterocycles. The number of rotatable bonds is 6. The zero-order valence-corrected chi connectivity index (χ0v) is 11.6. The molecule has 0 saturated heterocycles. The molecule has 1 aromatic heterocycles. The van der Waals surface area contributed by atoms with Crippen molar-refractivity contribution in [2.24, 2.45) is 5.84 Å². The summed E-state index contributed by atoms with van der Waals surface area (Å²) < 4.78 is 13.2. The van der Waals surface area contributed by atoms with E-state index in [9.17, 15) is 4.39 Å². The summed E-state index contributed by atoms with van der Waals surface area (Å²) >= 11 is 0. The highest BCUT2D eigenvalue weighted by atomic mass is 19.1. The maximum Gasteiger partial charge on any atom is 0.123 e. The smallest absolute Gasteiger partial charge is 0.123 e. The van der Waals surface area contributed by atoms with Crippen molar-refractivity contribution in [3.8, 4) is 0 Å². The Kier molecular flexibility index (Phi) is 5.21. The van der Waals surface area contributed by atoms with Gasteiger partial charge in [-0.15, -0.1) is 0 Å². The Morgan fingerprint density at radius 1 is 1.20 bits per heavy atom. The van der Waals surface area contributed by atoms with E-state index in [4.69, 9.17) is 5.84 Å². The summed E-state index contributed by atoms with van der Waals surface area (Å²) in [7, 11) is 0. The van der Waals surface area contributed by atoms with E-state index in [0.717, 1.165) is 24.1 Å². The standard InChI is InChI=1S/C16H20FN3/c1-2-12-6-7-15(19-11-12)10-16(20-18)9-13-4-3-5-14(17)8-13/h3-8,11,16,20H,2,9-10,18H2,1H3. The van der Waals surface area contributed by atoms with Crippen LogP contribution >= 0.6 is 0 Å². The fourth-order valence-corrected chi connectivity index (χ4v) is 2.18. The molecule has 1 aromatic carbocycles. The predicted octanol–water partition coefficient (Wildman–Crippen LogP) is 2.40. The molecule has 3 N–H and O–H groups in total. The molecule has 20 heavy (non-hydrogen) atoms. The maximum atomic E-state index is 13.2. The van der Waals surface area contributed by atoms with Gasteiger partial charge >= 0.3 is 0 Å². The quantitative estimate of drug-likeness (QED) is 0.627. The van der Waals surface area contributed by atoms with Crippen LogP contribution in [0, 0.1) is 5.82 Å². The minimum absolute atomic E-state index is 0.0387. The van der Waals surface area contributed by atoms with Crippen LogP contribution in [-0.4, -0.2) is 11.0 Å². The van der Waals surface area contributed by atoms with Crippen molar-refractivity contribution in [1.82, 2.24) is 10.4 Å². The normalized spacial score (nSPS) is 12.3. The number of aryl methyl sites for hydroxylation is 1. The van der Waals surface area contributed by atoms with Crippen LogP contribution in [0.4, 0.5) is 4.39 Å². The first-order valence-electron chi connectivity index (χ1n) is 6.85. The van der Waals surface area contributed by atoms with Gasteiger partial charge in [0.15, 0.2) is 0 Å². The maximum absolute atomic E-state index is 13.2. The molecule has 0 fully saturated rings. The van der Waals surface area contributed by atoms with Gasteiger partial charge in [-0.3, -0.25) is 16.3 Å². The van der Waals surface area contributed by atoms with Gasteiger partial charge in [-0.05, 0) is 42.2 Å². The minimum atomic E-state index is -0.219. The van der Waals surface area contributed by atoms with Crippen molar-refractivity contribution in [2.45, 2.75) is 32.2 Å². The Morgan fingerprint density at radius 3 is 2.65 bits per heavy atom. The molecule has 1 atom stereocenters. The van der Waals surface area contributed by atoms with Crippen LogP contribution in [0.15, 0.2) is 42.6 Å². The first-order valence-corrected chi connectivity index (χ1v) is 6.85. The number of nitrogens with zero attached hydrogens (tertiary/aromatic N) is 1. The topological polar surface area (TPSA) is 50.9 Å². The highest BCUT2D eigenvalue weighted by Gasteiger charge is 2.10. The average molecular weight is 273 g/mol. The molecule has 0 aliphatic rings. The summed E-state index contributed by atoms with van der Waals surface area (Å²) in [6, 6.07) is 10.7. The Bertz CT molecular complexity index is 540. The molecule has 2 aromatic rings. The molecule has 1 unspecified atom stereocenters. The Morgan fingerprint density at radius 2 is 2.05 bits per heavy atom. The molecular formula is C16H20FN3. The second-order valence-corrected chi connectivity index (χ2v) is 4.91. The molecule has 2 rings (SSSR count). The molecular weight excluding hydrogens is 253 g/mol. The number of aromatic nitrogens is 1. The summed E-state index contributed by atoms with van der Waals surface area (Å²) in [5, 5.41) is 0. The van der Waals surface area contributed by atoms with Gasteiger partial charge in [0.2, 0.25) is 0 Å². The molecule has 0 radical (unpaired) electrons. The number of hydrogen-bond donors (Lipinski definition) is 2. The van der Waals surface area contributed by atoms with Gasteiger partial charge in [0.1, 0.15) is 5.82 Å². The van der Waals surface area contributed by atoms with E-state index in [1.807, 2.05) is 18.3 Å². The monoisotopic (exact) mass is 273 g/mol. The summed E-state index contributed by atoms with van der Waals surface area (Å²) in [5.74, 6) is 5.37. The van der Waals surface area contributed by atoms with Gasteiger partial charge in [0.25, 0.3) is 0 Å². The largest absolute Gasteiger partial charge is 0.271 e. The predicted molar refractivity (Wildman–Crippen MR) is 78.5 cm³/mol. The molecule has 0 amide bonds. The van der Waals surface area contributed by atoms with Crippen molar-refractivity contribution in [2.75, 3.05) is 0 Å². The lowest BCUT2D eigenvalue weighted by atomic mass is 10.0. The third-order valence-corrected chi connectivity index (χ3v) is 3.36. The number of pyridine rings is 1. The van der Waals surface area contributed by atoms with Crippen LogP contribution < -0.4 is 11.3 Å². The Hall–Kier alpha value is -1.78. The van der Waals surface area contributed by atoms with Gasteiger partial charge in [0, 0.05) is 24.4 Å². The molecule has 106 valence electrons. The van der Waals surface area contributed by atoms with Crippen LogP contribution in [0.3, 0.4) is 0 Å². The van der Waals surface area contributed by atoms with E-state index in [-0.39, 0.29) is 11.9 Å². The second kappa shape index (κ2) is 7.12. The first kappa shape index (κ1) is 14.6. The van der Waals surface area contributed by atoms with E-state index in [2.05, 4.69) is 23.4 Å². The summed E-state index contributed by atoms with van der Waals surface area (Å²) in [6.45, 7) is 2.10. The highest BCUT2D eigenvalue weighted by Crippen LogP contribution is 2.10. The zero-order chi connectivity index (χ0) is 14.4. The van der Waals surface area contributed by atoms with Crippen molar-refractivity contribution in [3.05, 3.63) is 65.2 Å². The highest BCUT2D eigenvalue weighted by molar-refractivity contribution is 5.19. The van der Waals surface area contributed by atoms with Crippen LogP contribution in [0.5, 0.6) is 0 Å². The number of nitrogens with two attached hydrogens (primary N) is 1. The van der Waals surface area contributed by atoms with Crippen molar-refractivity contribution in [3.63, 3.8) is 0 Å². The van der Waals surface area contributed by atoms with E-state index in [1.54, 1.807) is 6.07 Å². The number of halogens is 1. The molecule has 0 bridgehead atoms. The molecule has 0 aliphatic carbocycles. The van der Waals surface area contributed by atoms with Gasteiger partial charge in [-0.1, -0.05) is 25.1 Å². The summed E-state index contributed by atoms with van der Waals surface area (Å²) in [6.07, 6.45) is 4.27. The SMILES string of the molecule is CCc1ccc(CC(Cc2cccc(F)c2)NN)nc1. The van der Waals surface area contributed by atoms with Gasteiger partial charge in [-0.25, -0.2) is 4.39 Å². The van der Waals surface area contributed by atoms with Crippen LogP contribution in [0.25, 0.3) is 0 Å². The Balaban J connectivity index is 2.01. The molecule has 1 heterocycles.